The Morgan fingerprint density at radius 3 is 2.56 bits per heavy atom. The number of amides is 2. The lowest BCUT2D eigenvalue weighted by Gasteiger charge is -2.26. The van der Waals surface area contributed by atoms with Crippen molar-refractivity contribution in [1.29, 1.82) is 0 Å². The Kier molecular flexibility index (Phi) is 6.54. The van der Waals surface area contributed by atoms with Crippen molar-refractivity contribution in [2.75, 3.05) is 24.7 Å². The molecule has 0 atom stereocenters. The summed E-state index contributed by atoms with van der Waals surface area (Å²) in [4.78, 5) is 32.5. The maximum absolute atomic E-state index is 13.0. The number of benzene rings is 2. The predicted molar refractivity (Wildman–Crippen MR) is 141 cm³/mol. The molecule has 0 fully saturated rings. The van der Waals surface area contributed by atoms with Gasteiger partial charge in [0.1, 0.15) is 21.5 Å². The molecule has 2 amide bonds. The van der Waals surface area contributed by atoms with Gasteiger partial charge in [0, 0.05) is 23.9 Å². The van der Waals surface area contributed by atoms with E-state index in [4.69, 9.17) is 9.72 Å². The van der Waals surface area contributed by atoms with Crippen molar-refractivity contribution in [1.82, 2.24) is 9.88 Å². The number of fused-ring (bicyclic) bond motifs is 2. The molecule has 2 aromatic carbocycles. The standard InChI is InChI=1S/C25H23N3O5S3/c1-15(29)28-12-11-18-21(13-28)35-25(23(18)24-26-19-5-3-4-6-20(19)34-24)27-22(30)14-36(31,32)17-9-7-16(33-2)8-10-17/h3-10H,11-14H2,1-2H3,(H,27,30). The van der Waals surface area contributed by atoms with Gasteiger partial charge in [0.05, 0.1) is 28.8 Å². The summed E-state index contributed by atoms with van der Waals surface area (Å²) in [5.41, 5.74) is 2.72. The Morgan fingerprint density at radius 2 is 1.86 bits per heavy atom. The van der Waals surface area contributed by atoms with Gasteiger partial charge >= 0.3 is 0 Å². The van der Waals surface area contributed by atoms with E-state index in [1.165, 1.54) is 41.9 Å². The lowest BCUT2D eigenvalue weighted by Crippen LogP contribution is -2.33. The van der Waals surface area contributed by atoms with Crippen molar-refractivity contribution < 1.29 is 22.7 Å². The van der Waals surface area contributed by atoms with Gasteiger partial charge in [-0.15, -0.1) is 22.7 Å². The van der Waals surface area contributed by atoms with Crippen molar-refractivity contribution in [2.24, 2.45) is 0 Å². The summed E-state index contributed by atoms with van der Waals surface area (Å²) < 4.78 is 31.8. The van der Waals surface area contributed by atoms with Crippen LogP contribution in [0.15, 0.2) is 53.4 Å². The smallest absolute Gasteiger partial charge is 0.240 e. The van der Waals surface area contributed by atoms with Crippen LogP contribution in [-0.4, -0.2) is 49.5 Å². The van der Waals surface area contributed by atoms with E-state index in [2.05, 4.69) is 5.32 Å². The number of anilines is 1. The van der Waals surface area contributed by atoms with Crippen LogP contribution in [0.4, 0.5) is 5.00 Å². The molecule has 0 radical (unpaired) electrons. The van der Waals surface area contributed by atoms with Gasteiger partial charge in [0.2, 0.25) is 11.8 Å². The predicted octanol–water partition coefficient (Wildman–Crippen LogP) is 4.35. The Balaban J connectivity index is 1.48. The van der Waals surface area contributed by atoms with Crippen molar-refractivity contribution >= 4 is 59.5 Å². The van der Waals surface area contributed by atoms with E-state index in [-0.39, 0.29) is 10.8 Å². The summed E-state index contributed by atoms with van der Waals surface area (Å²) in [7, 11) is -2.36. The summed E-state index contributed by atoms with van der Waals surface area (Å²) >= 11 is 2.90. The summed E-state index contributed by atoms with van der Waals surface area (Å²) in [5.74, 6) is -0.801. The van der Waals surface area contributed by atoms with E-state index in [1.807, 2.05) is 24.3 Å². The van der Waals surface area contributed by atoms with E-state index in [0.717, 1.165) is 31.2 Å². The van der Waals surface area contributed by atoms with Crippen molar-refractivity contribution in [3.8, 4) is 16.3 Å². The minimum Gasteiger partial charge on any atom is -0.497 e. The van der Waals surface area contributed by atoms with Crippen LogP contribution < -0.4 is 10.1 Å². The van der Waals surface area contributed by atoms with Crippen LogP contribution in [0.2, 0.25) is 0 Å². The minimum absolute atomic E-state index is 0.00763. The number of methoxy groups -OCH3 is 1. The highest BCUT2D eigenvalue weighted by atomic mass is 32.2. The Labute approximate surface area is 216 Å². The second-order valence-electron chi connectivity index (χ2n) is 8.37. The molecule has 1 aliphatic heterocycles. The number of hydrogen-bond donors (Lipinski definition) is 1. The molecule has 0 bridgehead atoms. The van der Waals surface area contributed by atoms with E-state index >= 15 is 0 Å². The lowest BCUT2D eigenvalue weighted by atomic mass is 10.0. The van der Waals surface area contributed by atoms with Crippen molar-refractivity contribution in [2.45, 2.75) is 24.8 Å². The summed E-state index contributed by atoms with van der Waals surface area (Å²) in [6.07, 6.45) is 0.636. The number of ether oxygens (including phenoxy) is 1. The number of rotatable bonds is 6. The molecule has 1 N–H and O–H groups in total. The largest absolute Gasteiger partial charge is 0.497 e. The van der Waals surface area contributed by atoms with E-state index in [1.54, 1.807) is 24.0 Å². The Hall–Kier alpha value is -3.28. The molecular formula is C25H23N3O5S3. The number of carbonyl (C=O) groups excluding carboxylic acids is 2. The molecule has 11 heteroatoms. The second-order valence-corrected chi connectivity index (χ2v) is 12.5. The molecule has 36 heavy (non-hydrogen) atoms. The maximum atomic E-state index is 13.0. The molecule has 4 aromatic rings. The van der Waals surface area contributed by atoms with Gasteiger partial charge in [-0.05, 0) is 48.4 Å². The van der Waals surface area contributed by atoms with Gasteiger partial charge in [-0.2, -0.15) is 0 Å². The lowest BCUT2D eigenvalue weighted by molar-refractivity contribution is -0.129. The highest BCUT2D eigenvalue weighted by Crippen LogP contribution is 2.45. The van der Waals surface area contributed by atoms with Gasteiger partial charge < -0.3 is 15.0 Å². The maximum Gasteiger partial charge on any atom is 0.240 e. The first kappa shape index (κ1) is 24.4. The van der Waals surface area contributed by atoms with Crippen LogP contribution in [0.1, 0.15) is 17.4 Å². The van der Waals surface area contributed by atoms with Gasteiger partial charge in [-0.1, -0.05) is 12.1 Å². The zero-order valence-corrected chi connectivity index (χ0v) is 22.1. The first-order chi connectivity index (χ1) is 17.2. The normalized spacial score (nSPS) is 13.4. The Bertz CT molecular complexity index is 1540. The summed E-state index contributed by atoms with van der Waals surface area (Å²) in [6.45, 7) is 2.57. The topological polar surface area (TPSA) is 106 Å². The van der Waals surface area contributed by atoms with Crippen LogP contribution >= 0.6 is 22.7 Å². The molecule has 0 unspecified atom stereocenters. The molecule has 186 valence electrons. The number of aromatic nitrogens is 1. The number of sulfone groups is 1. The first-order valence-corrected chi connectivity index (χ1v) is 14.5. The van der Waals surface area contributed by atoms with Crippen LogP contribution in [0, 0.1) is 0 Å². The number of carbonyl (C=O) groups is 2. The molecule has 2 aromatic heterocycles. The Morgan fingerprint density at radius 1 is 1.11 bits per heavy atom. The fourth-order valence-corrected chi connectivity index (χ4v) is 7.69. The number of nitrogens with zero attached hydrogens (tertiary/aromatic N) is 2. The van der Waals surface area contributed by atoms with E-state index < -0.39 is 21.5 Å². The molecule has 8 nitrogen and oxygen atoms in total. The third-order valence-corrected chi connectivity index (χ3v) is 9.82. The summed E-state index contributed by atoms with van der Waals surface area (Å²) in [5, 5.41) is 4.16. The highest BCUT2D eigenvalue weighted by molar-refractivity contribution is 7.92. The van der Waals surface area contributed by atoms with Crippen LogP contribution in [0.25, 0.3) is 20.8 Å². The number of para-hydroxylation sites is 1. The SMILES string of the molecule is COc1ccc(S(=O)(=O)CC(=O)Nc2sc3c(c2-c2nc4ccccc4s2)CCN(C(C)=O)C3)cc1. The van der Waals surface area contributed by atoms with E-state index in [9.17, 15) is 18.0 Å². The zero-order valence-electron chi connectivity index (χ0n) is 19.6. The van der Waals surface area contributed by atoms with Crippen LogP contribution in [0.3, 0.4) is 0 Å². The third kappa shape index (κ3) is 4.73. The molecule has 0 saturated heterocycles. The molecule has 3 heterocycles. The van der Waals surface area contributed by atoms with Gasteiger partial charge in [0.15, 0.2) is 9.84 Å². The molecule has 5 rings (SSSR count). The molecular weight excluding hydrogens is 518 g/mol. The monoisotopic (exact) mass is 541 g/mol. The van der Waals surface area contributed by atoms with Gasteiger partial charge in [-0.25, -0.2) is 13.4 Å². The first-order valence-electron chi connectivity index (χ1n) is 11.2. The average molecular weight is 542 g/mol. The summed E-state index contributed by atoms with van der Waals surface area (Å²) in [6, 6.07) is 13.7. The molecule has 1 aliphatic rings. The molecule has 0 spiro atoms. The zero-order chi connectivity index (χ0) is 25.4. The van der Waals surface area contributed by atoms with Gasteiger partial charge in [0.25, 0.3) is 0 Å². The fraction of sp³-hybridized carbons (Fsp3) is 0.240. The second kappa shape index (κ2) is 9.64. The van der Waals surface area contributed by atoms with Gasteiger partial charge in [-0.3, -0.25) is 9.59 Å². The quantitative estimate of drug-likeness (QED) is 0.389. The number of nitrogens with one attached hydrogen (secondary N) is 1. The minimum atomic E-state index is -3.85. The molecule has 0 aliphatic carbocycles. The van der Waals surface area contributed by atoms with Crippen molar-refractivity contribution in [3.05, 3.63) is 59.0 Å². The number of thiazole rings is 1. The van der Waals surface area contributed by atoms with Crippen LogP contribution in [0.5, 0.6) is 5.75 Å². The van der Waals surface area contributed by atoms with Crippen molar-refractivity contribution in [3.63, 3.8) is 0 Å². The number of hydrogen-bond acceptors (Lipinski definition) is 8. The van der Waals surface area contributed by atoms with Crippen LogP contribution in [-0.2, 0) is 32.4 Å². The van der Waals surface area contributed by atoms with E-state index in [0.29, 0.717) is 30.3 Å². The average Bonchev–Trinajstić information content (AvgIpc) is 3.43. The fourth-order valence-electron chi connectivity index (χ4n) is 4.17. The third-order valence-electron chi connectivity index (χ3n) is 6.00. The number of thiophene rings is 1. The molecule has 0 saturated carbocycles. The highest BCUT2D eigenvalue weighted by Gasteiger charge is 2.29.